The molecule has 0 fully saturated rings. The van der Waals surface area contributed by atoms with Gasteiger partial charge in [-0.05, 0) is 18.4 Å². The summed E-state index contributed by atoms with van der Waals surface area (Å²) in [6, 6.07) is 4.30. The van der Waals surface area contributed by atoms with Gasteiger partial charge in [-0.2, -0.15) is 0 Å². The third-order valence-electron chi connectivity index (χ3n) is 2.57. The van der Waals surface area contributed by atoms with E-state index in [1.807, 2.05) is 0 Å². The molecule has 0 N–H and O–H groups in total. The van der Waals surface area contributed by atoms with Gasteiger partial charge in [0, 0.05) is 18.0 Å². The van der Waals surface area contributed by atoms with Crippen LogP contribution in [0.2, 0.25) is 0 Å². The third-order valence-corrected chi connectivity index (χ3v) is 3.30. The quantitative estimate of drug-likeness (QED) is 0.355. The van der Waals surface area contributed by atoms with Crippen molar-refractivity contribution in [3.63, 3.8) is 0 Å². The number of thioether (sulfide) groups is 1. The molecule has 0 aromatic heterocycles. The fourth-order valence-electron chi connectivity index (χ4n) is 1.51. The summed E-state index contributed by atoms with van der Waals surface area (Å²) in [6.45, 7) is -0.268. The van der Waals surface area contributed by atoms with Crippen molar-refractivity contribution in [2.24, 2.45) is 0 Å². The van der Waals surface area contributed by atoms with E-state index >= 15 is 0 Å². The van der Waals surface area contributed by atoms with E-state index in [2.05, 4.69) is 4.74 Å². The van der Waals surface area contributed by atoms with Crippen molar-refractivity contribution in [1.29, 1.82) is 0 Å². The van der Waals surface area contributed by atoms with Gasteiger partial charge < -0.3 is 9.64 Å². The molecule has 0 unspecified atom stereocenters. The van der Waals surface area contributed by atoms with Gasteiger partial charge in [-0.1, -0.05) is 0 Å². The first-order chi connectivity index (χ1) is 9.40. The van der Waals surface area contributed by atoms with Crippen molar-refractivity contribution in [3.8, 4) is 0 Å². The Kier molecular flexibility index (Phi) is 5.51. The topological polar surface area (TPSA) is 89.8 Å². The summed E-state index contributed by atoms with van der Waals surface area (Å²) in [5.41, 5.74) is -0.335. The summed E-state index contributed by atoms with van der Waals surface area (Å²) in [6.07, 6.45) is 1.80. The number of hydrogen-bond donors (Lipinski definition) is 0. The molecule has 7 nitrogen and oxygen atoms in total. The SMILES string of the molecule is COC(=O)CN(C)C(=O)c1cc(SC)ccc1[N+](=O)[O-]. The highest BCUT2D eigenvalue weighted by Gasteiger charge is 2.24. The molecule has 0 heterocycles. The number of likely N-dealkylation sites (N-methyl/N-ethyl adjacent to an activating group) is 1. The Labute approximate surface area is 120 Å². The number of methoxy groups -OCH3 is 1. The molecule has 0 atom stereocenters. The molecule has 0 spiro atoms. The molecule has 1 amide bonds. The minimum atomic E-state index is -0.622. The lowest BCUT2D eigenvalue weighted by Crippen LogP contribution is -2.33. The molecule has 108 valence electrons. The third kappa shape index (κ3) is 3.70. The van der Waals surface area contributed by atoms with Crippen LogP contribution in [0.4, 0.5) is 5.69 Å². The first kappa shape index (κ1) is 16.0. The van der Waals surface area contributed by atoms with Crippen LogP contribution in [0, 0.1) is 10.1 Å². The fourth-order valence-corrected chi connectivity index (χ4v) is 1.95. The van der Waals surface area contributed by atoms with Crippen molar-refractivity contribution in [3.05, 3.63) is 33.9 Å². The Morgan fingerprint density at radius 3 is 2.60 bits per heavy atom. The van der Waals surface area contributed by atoms with Gasteiger partial charge >= 0.3 is 5.97 Å². The van der Waals surface area contributed by atoms with E-state index in [-0.39, 0.29) is 17.8 Å². The molecule has 1 aromatic carbocycles. The summed E-state index contributed by atoms with van der Waals surface area (Å²) in [4.78, 5) is 35.5. The Balaban J connectivity index is 3.12. The number of nitrogens with zero attached hydrogens (tertiary/aromatic N) is 2. The predicted molar refractivity (Wildman–Crippen MR) is 73.9 cm³/mol. The zero-order valence-corrected chi connectivity index (χ0v) is 12.1. The summed E-state index contributed by atoms with van der Waals surface area (Å²) in [5.74, 6) is -1.19. The van der Waals surface area contributed by atoms with E-state index in [1.165, 1.54) is 38.1 Å². The van der Waals surface area contributed by atoms with Crippen LogP contribution in [0.25, 0.3) is 0 Å². The lowest BCUT2D eigenvalue weighted by Gasteiger charge is -2.16. The smallest absolute Gasteiger partial charge is 0.325 e. The normalized spacial score (nSPS) is 9.95. The molecule has 1 aromatic rings. The molecule has 0 aliphatic rings. The average molecular weight is 298 g/mol. The number of carbonyl (C=O) groups excluding carboxylic acids is 2. The monoisotopic (exact) mass is 298 g/mol. The minimum absolute atomic E-state index is 0.0479. The zero-order valence-electron chi connectivity index (χ0n) is 11.3. The average Bonchev–Trinajstić information content (AvgIpc) is 2.45. The number of rotatable bonds is 5. The predicted octanol–water partition coefficient (Wildman–Crippen LogP) is 1.56. The highest BCUT2D eigenvalue weighted by molar-refractivity contribution is 7.98. The molecule has 1 rings (SSSR count). The highest BCUT2D eigenvalue weighted by Crippen LogP contribution is 2.25. The number of nitro benzene ring substituents is 1. The van der Waals surface area contributed by atoms with Gasteiger partial charge in [0.2, 0.25) is 0 Å². The fraction of sp³-hybridized carbons (Fsp3) is 0.333. The van der Waals surface area contributed by atoms with Gasteiger partial charge in [0.05, 0.1) is 12.0 Å². The highest BCUT2D eigenvalue weighted by atomic mass is 32.2. The zero-order chi connectivity index (χ0) is 15.3. The molecule has 0 saturated heterocycles. The van der Waals surface area contributed by atoms with Gasteiger partial charge in [0.15, 0.2) is 0 Å². The standard InChI is InChI=1S/C12H14N2O5S/c1-13(7-11(15)19-2)12(16)9-6-8(20-3)4-5-10(9)14(17)18/h4-6H,7H2,1-3H3. The summed E-state index contributed by atoms with van der Waals surface area (Å²) in [5, 5.41) is 11.0. The lowest BCUT2D eigenvalue weighted by molar-refractivity contribution is -0.385. The van der Waals surface area contributed by atoms with Crippen LogP contribution in [0.5, 0.6) is 0 Å². The molecule has 20 heavy (non-hydrogen) atoms. The van der Waals surface area contributed by atoms with Gasteiger partial charge in [-0.15, -0.1) is 11.8 Å². The van der Waals surface area contributed by atoms with Crippen molar-refractivity contribution in [2.45, 2.75) is 4.90 Å². The van der Waals surface area contributed by atoms with Crippen molar-refractivity contribution in [2.75, 3.05) is 27.0 Å². The Morgan fingerprint density at radius 1 is 1.45 bits per heavy atom. The van der Waals surface area contributed by atoms with Gasteiger partial charge in [-0.3, -0.25) is 19.7 Å². The van der Waals surface area contributed by atoms with Crippen molar-refractivity contribution < 1.29 is 19.2 Å². The van der Waals surface area contributed by atoms with Crippen LogP contribution in [0.3, 0.4) is 0 Å². The van der Waals surface area contributed by atoms with Gasteiger partial charge in [-0.25, -0.2) is 0 Å². The Bertz CT molecular complexity index is 547. The maximum absolute atomic E-state index is 12.2. The van der Waals surface area contributed by atoms with Crippen molar-refractivity contribution >= 4 is 29.3 Å². The number of benzene rings is 1. The van der Waals surface area contributed by atoms with E-state index in [4.69, 9.17) is 0 Å². The van der Waals surface area contributed by atoms with Gasteiger partial charge in [0.1, 0.15) is 12.1 Å². The van der Waals surface area contributed by atoms with E-state index < -0.39 is 16.8 Å². The van der Waals surface area contributed by atoms with E-state index in [0.717, 1.165) is 9.80 Å². The number of hydrogen-bond acceptors (Lipinski definition) is 6. The van der Waals surface area contributed by atoms with Crippen molar-refractivity contribution in [1.82, 2.24) is 4.90 Å². The molecule has 0 aliphatic heterocycles. The number of esters is 1. The summed E-state index contributed by atoms with van der Waals surface area (Å²) in [7, 11) is 2.59. The summed E-state index contributed by atoms with van der Waals surface area (Å²) < 4.78 is 4.46. The maximum atomic E-state index is 12.2. The van der Waals surface area contributed by atoms with E-state index in [0.29, 0.717) is 0 Å². The largest absolute Gasteiger partial charge is 0.468 e. The van der Waals surface area contributed by atoms with E-state index in [9.17, 15) is 19.7 Å². The molecule has 0 bridgehead atoms. The summed E-state index contributed by atoms with van der Waals surface area (Å²) >= 11 is 1.37. The van der Waals surface area contributed by atoms with Crippen LogP contribution in [-0.2, 0) is 9.53 Å². The molecule has 0 radical (unpaired) electrons. The molecule has 8 heteroatoms. The van der Waals surface area contributed by atoms with Gasteiger partial charge in [0.25, 0.3) is 11.6 Å². The molecule has 0 aliphatic carbocycles. The van der Waals surface area contributed by atoms with Crippen LogP contribution < -0.4 is 0 Å². The molecular weight excluding hydrogens is 284 g/mol. The second kappa shape index (κ2) is 6.90. The molecule has 0 saturated carbocycles. The number of carbonyl (C=O) groups is 2. The second-order valence-electron chi connectivity index (χ2n) is 3.88. The van der Waals surface area contributed by atoms with Crippen LogP contribution in [0.1, 0.15) is 10.4 Å². The lowest BCUT2D eigenvalue weighted by atomic mass is 10.1. The Hall–Kier alpha value is -2.09. The second-order valence-corrected chi connectivity index (χ2v) is 4.76. The Morgan fingerprint density at radius 2 is 2.10 bits per heavy atom. The van der Waals surface area contributed by atoms with Crippen LogP contribution >= 0.6 is 11.8 Å². The minimum Gasteiger partial charge on any atom is -0.468 e. The number of ether oxygens (including phenoxy) is 1. The van der Waals surface area contributed by atoms with Crippen LogP contribution in [-0.4, -0.2) is 48.7 Å². The first-order valence-corrected chi connectivity index (χ1v) is 6.78. The van der Waals surface area contributed by atoms with Crippen LogP contribution in [0.15, 0.2) is 23.1 Å². The number of amides is 1. The molecular formula is C12H14N2O5S. The van der Waals surface area contributed by atoms with E-state index in [1.54, 1.807) is 12.3 Å². The first-order valence-electron chi connectivity index (χ1n) is 5.55. The number of nitro groups is 1. The maximum Gasteiger partial charge on any atom is 0.325 e.